The highest BCUT2D eigenvalue weighted by molar-refractivity contribution is 6.74. The second-order valence-electron chi connectivity index (χ2n) is 14.0. The van der Waals surface area contributed by atoms with E-state index in [1.54, 1.807) is 32.2 Å². The molecule has 10 heteroatoms. The third-order valence-corrected chi connectivity index (χ3v) is 13.0. The summed E-state index contributed by atoms with van der Waals surface area (Å²) in [7, 11) is -2.16. The zero-order valence-corrected chi connectivity index (χ0v) is 30.0. The van der Waals surface area contributed by atoms with Gasteiger partial charge in [0.25, 0.3) is 0 Å². The van der Waals surface area contributed by atoms with Crippen LogP contribution >= 0.6 is 0 Å². The monoisotopic (exact) mass is 655 g/mol. The first-order chi connectivity index (χ1) is 21.5. The Hall–Kier alpha value is -3.21. The van der Waals surface area contributed by atoms with Gasteiger partial charge in [-0.1, -0.05) is 64.1 Å². The van der Waals surface area contributed by atoms with E-state index in [4.69, 9.17) is 23.4 Å². The molecule has 2 heterocycles. The molecule has 0 radical (unpaired) electrons. The average Bonchev–Trinajstić information content (AvgIpc) is 2.91. The van der Waals surface area contributed by atoms with Gasteiger partial charge in [-0.2, -0.15) is 0 Å². The topological polar surface area (TPSA) is 109 Å². The maximum atomic E-state index is 13.0. The average molecular weight is 656 g/mol. The number of carbonyl (C=O) groups is 3. The first-order valence-electron chi connectivity index (χ1n) is 16.3. The Labute approximate surface area is 275 Å². The number of amides is 1. The van der Waals surface area contributed by atoms with E-state index in [1.165, 1.54) is 13.0 Å². The molecular formula is C36H53NO8Si. The molecule has 9 nitrogen and oxygen atoms in total. The molecule has 1 amide bonds. The van der Waals surface area contributed by atoms with Crippen molar-refractivity contribution in [2.75, 3.05) is 0 Å². The maximum Gasteiger partial charge on any atom is 0.345 e. The van der Waals surface area contributed by atoms with Gasteiger partial charge in [0.15, 0.2) is 8.32 Å². The number of hydrogen-bond acceptors (Lipinski definition) is 8. The predicted octanol–water partition coefficient (Wildman–Crippen LogP) is 7.32. The molecule has 4 atom stereocenters. The molecule has 254 valence electrons. The first kappa shape index (κ1) is 37.2. The van der Waals surface area contributed by atoms with Gasteiger partial charge in [0.05, 0.1) is 18.3 Å². The molecule has 2 aliphatic heterocycles. The number of nitrogens with one attached hydrogen (secondary N) is 1. The maximum absolute atomic E-state index is 13.0. The number of benzene rings is 1. The number of carbonyl (C=O) groups excluding carboxylic acids is 3. The van der Waals surface area contributed by atoms with E-state index >= 15 is 0 Å². The molecule has 0 bridgehead atoms. The molecule has 46 heavy (non-hydrogen) atoms. The lowest BCUT2D eigenvalue weighted by molar-refractivity contribution is -0.160. The number of hydrogen-bond donors (Lipinski definition) is 1. The highest BCUT2D eigenvalue weighted by atomic mass is 28.4. The van der Waals surface area contributed by atoms with Crippen LogP contribution in [0.5, 0.6) is 5.75 Å². The molecule has 1 aromatic carbocycles. The van der Waals surface area contributed by atoms with Crippen LogP contribution in [0.3, 0.4) is 0 Å². The van der Waals surface area contributed by atoms with Gasteiger partial charge >= 0.3 is 11.9 Å². The second kappa shape index (κ2) is 16.1. The lowest BCUT2D eigenvalue weighted by Crippen LogP contribution is -2.46. The number of rotatable bonds is 13. The molecule has 0 spiro atoms. The number of fused-ring (bicyclic) bond motifs is 1. The minimum Gasteiger partial charge on any atom is -0.462 e. The normalized spacial score (nSPS) is 22.4. The molecule has 0 aromatic heterocycles. The third-order valence-electron chi connectivity index (χ3n) is 8.49. The van der Waals surface area contributed by atoms with Crippen LogP contribution < -0.4 is 10.1 Å². The Bertz CT molecular complexity index is 1310. The molecule has 1 saturated heterocycles. The second-order valence-corrected chi connectivity index (χ2v) is 18.8. The van der Waals surface area contributed by atoms with Crippen LogP contribution in [-0.4, -0.2) is 56.4 Å². The minimum atomic E-state index is -2.16. The number of ether oxygens (including phenoxy) is 4. The lowest BCUT2D eigenvalue weighted by Gasteiger charge is -2.41. The summed E-state index contributed by atoms with van der Waals surface area (Å²) in [5.74, 6) is -1.54. The largest absolute Gasteiger partial charge is 0.462 e. The van der Waals surface area contributed by atoms with Crippen LogP contribution in [0.1, 0.15) is 96.5 Å². The summed E-state index contributed by atoms with van der Waals surface area (Å²) >= 11 is 0. The van der Waals surface area contributed by atoms with Gasteiger partial charge in [0.2, 0.25) is 11.7 Å². The van der Waals surface area contributed by atoms with Gasteiger partial charge < -0.3 is 28.7 Å². The van der Waals surface area contributed by atoms with Crippen molar-refractivity contribution in [2.24, 2.45) is 0 Å². The highest BCUT2D eigenvalue weighted by Crippen LogP contribution is 2.39. The summed E-state index contributed by atoms with van der Waals surface area (Å²) in [6.45, 7) is 17.9. The van der Waals surface area contributed by atoms with Gasteiger partial charge in [0, 0.05) is 45.9 Å². The van der Waals surface area contributed by atoms with Crippen molar-refractivity contribution in [1.82, 2.24) is 5.32 Å². The van der Waals surface area contributed by atoms with E-state index in [0.29, 0.717) is 43.4 Å². The third kappa shape index (κ3) is 11.2. The smallest absolute Gasteiger partial charge is 0.345 e. The highest BCUT2D eigenvalue weighted by Gasteiger charge is 2.41. The van der Waals surface area contributed by atoms with E-state index in [0.717, 1.165) is 12.0 Å². The zero-order chi connectivity index (χ0) is 34.1. The minimum absolute atomic E-state index is 0.00609. The molecule has 2 aliphatic rings. The van der Waals surface area contributed by atoms with E-state index in [2.05, 4.69) is 39.2 Å². The van der Waals surface area contributed by atoms with E-state index in [9.17, 15) is 14.4 Å². The van der Waals surface area contributed by atoms with Crippen LogP contribution in [0.4, 0.5) is 0 Å². The van der Waals surface area contributed by atoms with Gasteiger partial charge in [-0.3, -0.25) is 9.59 Å². The van der Waals surface area contributed by atoms with Crippen molar-refractivity contribution in [1.29, 1.82) is 0 Å². The summed E-state index contributed by atoms with van der Waals surface area (Å²) in [6, 6.07) is 5.51. The van der Waals surface area contributed by atoms with Crippen LogP contribution in [0, 0.1) is 0 Å². The summed E-state index contributed by atoms with van der Waals surface area (Å²) in [6.07, 6.45) is 13.0. The van der Waals surface area contributed by atoms with Crippen LogP contribution in [0.25, 0.3) is 0 Å². The van der Waals surface area contributed by atoms with Gasteiger partial charge in [-0.25, -0.2) is 4.79 Å². The molecule has 1 fully saturated rings. The molecule has 1 aromatic rings. The first-order valence-corrected chi connectivity index (χ1v) is 19.2. The van der Waals surface area contributed by atoms with Gasteiger partial charge in [-0.15, -0.1) is 0 Å². The molecule has 0 aliphatic carbocycles. The molecule has 0 saturated carbocycles. The predicted molar refractivity (Wildman–Crippen MR) is 181 cm³/mol. The fraction of sp³-hybridized carbons (Fsp3) is 0.583. The number of allylic oxidation sites excluding steroid dienone is 3. The van der Waals surface area contributed by atoms with Crippen molar-refractivity contribution in [3.63, 3.8) is 0 Å². The lowest BCUT2D eigenvalue weighted by atomic mass is 9.91. The number of cyclic esters (lactones) is 1. The summed E-state index contributed by atoms with van der Waals surface area (Å²) in [5, 5.41) is 2.78. The van der Waals surface area contributed by atoms with Crippen molar-refractivity contribution in [3.05, 3.63) is 65.9 Å². The number of esters is 2. The fourth-order valence-electron chi connectivity index (χ4n) is 5.39. The molecule has 0 unspecified atom stereocenters. The quantitative estimate of drug-likeness (QED) is 0.102. The van der Waals surface area contributed by atoms with Crippen molar-refractivity contribution in [2.45, 2.75) is 135 Å². The van der Waals surface area contributed by atoms with E-state index in [-0.39, 0.29) is 41.3 Å². The van der Waals surface area contributed by atoms with Gasteiger partial charge in [0.1, 0.15) is 17.4 Å². The van der Waals surface area contributed by atoms with Crippen LogP contribution in [-0.2, 0) is 34.6 Å². The van der Waals surface area contributed by atoms with Crippen LogP contribution in [0.15, 0.2) is 54.8 Å². The van der Waals surface area contributed by atoms with Crippen molar-refractivity contribution in [3.8, 4) is 5.75 Å². The standard InChI is InChI=1S/C36H53NO8Si/c1-10-11-12-13-19-32(39)37-20-15-17-27(45-46(8,9)35(3,4)5)22-30-24-29(41-25(2)38)23-28(42-30)21-26-16-14-18-31-33(26)34(40)44-36(6,7)43-31/h11-16,18-20,27-30H,10,17,21-24H2,1-9H3,(H,37,39)/b12-11-,19-13-,20-15+/t27-,28-,29+,30-/m0/s1. The van der Waals surface area contributed by atoms with E-state index in [1.807, 2.05) is 37.3 Å². The van der Waals surface area contributed by atoms with Crippen molar-refractivity contribution >= 4 is 26.2 Å². The summed E-state index contributed by atoms with van der Waals surface area (Å²) in [5.41, 5.74) is 1.16. The Morgan fingerprint density at radius 3 is 2.50 bits per heavy atom. The summed E-state index contributed by atoms with van der Waals surface area (Å²) < 4.78 is 30.7. The SMILES string of the molecule is CC/C=C\C=C/C(=O)N/C=C/C[C@@H](C[C@H]1C[C@H](OC(C)=O)C[C@H](Cc2cccc3c2C(=O)OC(C)(C)O3)O1)O[Si](C)(C)C(C)(C)C. The molecular weight excluding hydrogens is 602 g/mol. The van der Waals surface area contributed by atoms with E-state index < -0.39 is 20.1 Å². The fourth-order valence-corrected chi connectivity index (χ4v) is 6.77. The Morgan fingerprint density at radius 1 is 1.11 bits per heavy atom. The van der Waals surface area contributed by atoms with Crippen LogP contribution in [0.2, 0.25) is 18.1 Å². The Balaban J connectivity index is 1.79. The van der Waals surface area contributed by atoms with Crippen molar-refractivity contribution < 1.29 is 37.8 Å². The Kier molecular flexibility index (Phi) is 13.0. The molecule has 3 rings (SSSR count). The van der Waals surface area contributed by atoms with Gasteiger partial charge in [-0.05, 0) is 55.4 Å². The zero-order valence-electron chi connectivity index (χ0n) is 29.0. The Morgan fingerprint density at radius 2 is 1.83 bits per heavy atom. The summed E-state index contributed by atoms with van der Waals surface area (Å²) in [4.78, 5) is 37.2. The molecule has 1 N–H and O–H groups in total.